The molecule has 1 saturated heterocycles. The van der Waals surface area contributed by atoms with E-state index in [1.807, 2.05) is 60.7 Å². The Bertz CT molecular complexity index is 928. The van der Waals surface area contributed by atoms with Crippen molar-refractivity contribution >= 4 is 46.0 Å². The minimum absolute atomic E-state index is 0.194. The van der Waals surface area contributed by atoms with Crippen molar-refractivity contribution in [2.45, 2.75) is 17.5 Å². The monoisotopic (exact) mass is 472 g/mol. The lowest BCUT2D eigenvalue weighted by Gasteiger charge is -2.48. The number of esters is 1. The lowest BCUT2D eigenvalue weighted by Crippen LogP contribution is -2.69. The van der Waals surface area contributed by atoms with E-state index < -0.39 is 18.1 Å². The molecule has 0 bridgehead atoms. The van der Waals surface area contributed by atoms with E-state index in [9.17, 15) is 14.4 Å². The minimum Gasteiger partial charge on any atom is -0.448 e. The number of benzene rings is 2. The van der Waals surface area contributed by atoms with Crippen LogP contribution in [0.4, 0.5) is 0 Å². The van der Waals surface area contributed by atoms with E-state index in [-0.39, 0.29) is 17.0 Å². The molecule has 0 spiro atoms. The van der Waals surface area contributed by atoms with Gasteiger partial charge in [-0.1, -0.05) is 76.6 Å². The number of hydrogen-bond acceptors (Lipinski definition) is 5. The number of hydrogen-bond donors (Lipinski definition) is 1. The van der Waals surface area contributed by atoms with E-state index in [2.05, 4.69) is 21.2 Å². The number of halogens is 1. The molecule has 6 nitrogen and oxygen atoms in total. The Kier molecular flexibility index (Phi) is 5.73. The van der Waals surface area contributed by atoms with Gasteiger partial charge in [0.25, 0.3) is 5.91 Å². The van der Waals surface area contributed by atoms with Crippen LogP contribution in [0.25, 0.3) is 0 Å². The normalized spacial score (nSPS) is 20.8. The van der Waals surface area contributed by atoms with Crippen LogP contribution in [0.1, 0.15) is 17.2 Å². The van der Waals surface area contributed by atoms with Crippen LogP contribution in [0.2, 0.25) is 0 Å². The summed E-state index contributed by atoms with van der Waals surface area (Å²) >= 11 is 4.90. The molecule has 2 amide bonds. The summed E-state index contributed by atoms with van der Waals surface area (Å²) in [6.45, 7) is 0. The predicted octanol–water partition coefficient (Wildman–Crippen LogP) is 2.96. The zero-order chi connectivity index (χ0) is 20.4. The molecule has 0 aliphatic carbocycles. The molecule has 2 aliphatic heterocycles. The Hall–Kier alpha value is -2.58. The van der Waals surface area contributed by atoms with Crippen LogP contribution < -0.4 is 5.32 Å². The number of thioether (sulfide) groups is 1. The van der Waals surface area contributed by atoms with Crippen molar-refractivity contribution in [1.82, 2.24) is 10.2 Å². The Morgan fingerprint density at radius 3 is 2.28 bits per heavy atom. The van der Waals surface area contributed by atoms with Crippen LogP contribution in [0.5, 0.6) is 0 Å². The van der Waals surface area contributed by atoms with Crippen LogP contribution in [-0.2, 0) is 19.1 Å². The van der Waals surface area contributed by atoms with Gasteiger partial charge in [0.1, 0.15) is 17.1 Å². The highest BCUT2D eigenvalue weighted by atomic mass is 79.9. The zero-order valence-electron chi connectivity index (χ0n) is 15.2. The maximum absolute atomic E-state index is 13.2. The van der Waals surface area contributed by atoms with Crippen molar-refractivity contribution in [3.8, 4) is 0 Å². The molecule has 0 saturated carbocycles. The fourth-order valence-corrected chi connectivity index (χ4v) is 5.36. The van der Waals surface area contributed by atoms with Gasteiger partial charge in [-0.05, 0) is 11.1 Å². The molecule has 2 atom stereocenters. The van der Waals surface area contributed by atoms with Gasteiger partial charge in [-0.25, -0.2) is 4.79 Å². The van der Waals surface area contributed by atoms with Crippen LogP contribution in [0, 0.1) is 0 Å². The van der Waals surface area contributed by atoms with Crippen molar-refractivity contribution in [3.63, 3.8) is 0 Å². The van der Waals surface area contributed by atoms with E-state index in [0.717, 1.165) is 11.1 Å². The van der Waals surface area contributed by atoms with Crippen molar-refractivity contribution < 1.29 is 19.1 Å². The highest BCUT2D eigenvalue weighted by Crippen LogP contribution is 2.42. The number of β-lactam (4-membered cyclic amide) rings is 1. The molecular formula is C21H17BrN2O4S. The van der Waals surface area contributed by atoms with Gasteiger partial charge in [0.2, 0.25) is 6.41 Å². The van der Waals surface area contributed by atoms with Crippen molar-refractivity contribution in [3.05, 3.63) is 82.0 Å². The van der Waals surface area contributed by atoms with E-state index in [1.165, 1.54) is 16.7 Å². The Morgan fingerprint density at radius 1 is 1.14 bits per heavy atom. The van der Waals surface area contributed by atoms with Gasteiger partial charge in [0, 0.05) is 10.2 Å². The first-order chi connectivity index (χ1) is 14.1. The molecule has 1 fully saturated rings. The molecule has 4 rings (SSSR count). The summed E-state index contributed by atoms with van der Waals surface area (Å²) in [6.07, 6.45) is -0.0989. The number of rotatable bonds is 6. The molecular weight excluding hydrogens is 456 g/mol. The third-order valence-corrected chi connectivity index (χ3v) is 7.10. The van der Waals surface area contributed by atoms with Gasteiger partial charge in [0.15, 0.2) is 6.10 Å². The molecule has 2 heterocycles. The largest absolute Gasteiger partial charge is 0.448 e. The molecule has 2 aromatic carbocycles. The van der Waals surface area contributed by atoms with Crippen LogP contribution in [0.3, 0.4) is 0 Å². The topological polar surface area (TPSA) is 75.7 Å². The maximum Gasteiger partial charge on any atom is 0.356 e. The third kappa shape index (κ3) is 3.70. The van der Waals surface area contributed by atoms with E-state index in [1.54, 1.807) is 0 Å². The standard InChI is InChI=1S/C21H17BrN2O4S/c22-15-11-29-20-16(23-12-25)19(26)24(20)17(15)21(27)28-18(13-7-3-1-4-8-13)14-9-5-2-6-10-14/h1-10,12,16,18,20H,11H2,(H,23,25)/t16?,20-/m1/s1. The number of amides is 2. The first-order valence-corrected chi connectivity index (χ1v) is 10.8. The van der Waals surface area contributed by atoms with Crippen molar-refractivity contribution in [1.29, 1.82) is 0 Å². The van der Waals surface area contributed by atoms with Crippen molar-refractivity contribution in [2.75, 3.05) is 5.75 Å². The van der Waals surface area contributed by atoms with E-state index in [4.69, 9.17) is 4.74 Å². The summed E-state index contributed by atoms with van der Waals surface area (Å²) in [6, 6.07) is 18.3. The summed E-state index contributed by atoms with van der Waals surface area (Å²) in [5.74, 6) is -0.399. The molecule has 1 unspecified atom stereocenters. The van der Waals surface area contributed by atoms with Gasteiger partial charge in [-0.3, -0.25) is 14.5 Å². The van der Waals surface area contributed by atoms with Gasteiger partial charge < -0.3 is 10.1 Å². The molecule has 2 aliphatic rings. The molecule has 0 radical (unpaired) electrons. The third-order valence-electron chi connectivity index (χ3n) is 4.79. The highest BCUT2D eigenvalue weighted by Gasteiger charge is 2.53. The number of ether oxygens (including phenoxy) is 1. The van der Waals surface area contributed by atoms with Crippen LogP contribution in [0.15, 0.2) is 70.8 Å². The van der Waals surface area contributed by atoms with E-state index in [0.29, 0.717) is 16.6 Å². The molecule has 2 aromatic rings. The minimum atomic E-state index is -0.625. The van der Waals surface area contributed by atoms with Gasteiger partial charge >= 0.3 is 5.97 Å². The molecule has 8 heteroatoms. The maximum atomic E-state index is 13.2. The van der Waals surface area contributed by atoms with E-state index >= 15 is 0 Å². The van der Waals surface area contributed by atoms with Crippen LogP contribution >= 0.6 is 27.7 Å². The zero-order valence-corrected chi connectivity index (χ0v) is 17.6. The summed E-state index contributed by atoms with van der Waals surface area (Å²) in [5, 5.41) is 2.20. The SMILES string of the molecule is O=CNC1C(=O)N2C(C(=O)OC(c3ccccc3)c3ccccc3)=C(Br)CS[C@H]12. The fourth-order valence-electron chi connectivity index (χ4n) is 3.41. The lowest BCUT2D eigenvalue weighted by molar-refractivity contribution is -0.154. The van der Waals surface area contributed by atoms with Crippen molar-refractivity contribution in [2.24, 2.45) is 0 Å². The Balaban J connectivity index is 1.62. The number of nitrogens with zero attached hydrogens (tertiary/aromatic N) is 1. The predicted molar refractivity (Wildman–Crippen MR) is 113 cm³/mol. The fraction of sp³-hybridized carbons (Fsp3) is 0.190. The number of carbonyl (C=O) groups excluding carboxylic acids is 3. The number of nitrogens with one attached hydrogen (secondary N) is 1. The second kappa shape index (κ2) is 8.42. The van der Waals surface area contributed by atoms with Crippen LogP contribution in [-0.4, -0.2) is 40.4 Å². The van der Waals surface area contributed by atoms with Gasteiger partial charge in [0.05, 0.1) is 0 Å². The summed E-state index contributed by atoms with van der Waals surface area (Å²) in [5.41, 5.74) is 1.86. The molecule has 0 aromatic heterocycles. The number of fused-ring (bicyclic) bond motifs is 1. The number of carbonyl (C=O) groups is 3. The summed E-state index contributed by atoms with van der Waals surface area (Å²) in [7, 11) is 0. The second-order valence-electron chi connectivity index (χ2n) is 6.53. The molecule has 148 valence electrons. The average molecular weight is 473 g/mol. The van der Waals surface area contributed by atoms with Gasteiger partial charge in [-0.15, -0.1) is 11.8 Å². The van der Waals surface area contributed by atoms with Gasteiger partial charge in [-0.2, -0.15) is 0 Å². The second-order valence-corrected chi connectivity index (χ2v) is 8.59. The average Bonchev–Trinajstić information content (AvgIpc) is 2.76. The summed E-state index contributed by atoms with van der Waals surface area (Å²) in [4.78, 5) is 37.8. The first-order valence-electron chi connectivity index (χ1n) is 8.95. The smallest absolute Gasteiger partial charge is 0.356 e. The molecule has 29 heavy (non-hydrogen) atoms. The first kappa shape index (κ1) is 19.7. The quantitative estimate of drug-likeness (QED) is 0.397. The Morgan fingerprint density at radius 2 is 1.72 bits per heavy atom. The molecule has 1 N–H and O–H groups in total. The lowest BCUT2D eigenvalue weighted by atomic mass is 10.0. The Labute approximate surface area is 180 Å². The highest BCUT2D eigenvalue weighted by molar-refractivity contribution is 9.11. The summed E-state index contributed by atoms with van der Waals surface area (Å²) < 4.78 is 6.51.